The van der Waals surface area contributed by atoms with Crippen LogP contribution in [0.5, 0.6) is 0 Å². The van der Waals surface area contributed by atoms with E-state index in [2.05, 4.69) is 5.32 Å². The van der Waals surface area contributed by atoms with Gasteiger partial charge in [0.1, 0.15) is 0 Å². The van der Waals surface area contributed by atoms with Crippen LogP contribution in [-0.2, 0) is 4.79 Å². The molecule has 1 atom stereocenters. The maximum absolute atomic E-state index is 10.7. The molecule has 12 heavy (non-hydrogen) atoms. The van der Waals surface area contributed by atoms with Gasteiger partial charge in [-0.05, 0) is 12.8 Å². The Balaban J connectivity index is 3.30. The minimum atomic E-state index is -0.535. The van der Waals surface area contributed by atoms with E-state index in [-0.39, 0.29) is 19.1 Å². The van der Waals surface area contributed by atoms with Gasteiger partial charge in [-0.3, -0.25) is 4.79 Å². The van der Waals surface area contributed by atoms with Gasteiger partial charge in [0.15, 0.2) is 0 Å². The number of aliphatic hydroxyl groups excluding tert-OH is 2. The second-order valence-corrected chi connectivity index (χ2v) is 2.68. The summed E-state index contributed by atoms with van der Waals surface area (Å²) in [6, 6.07) is 0. The fraction of sp³-hybridized carbons (Fsp3) is 0.875. The Bertz CT molecular complexity index is 127. The SMILES string of the molecule is CCC(=O)NC[C@@H](O)CCCO. The fourth-order valence-corrected chi connectivity index (χ4v) is 0.786. The van der Waals surface area contributed by atoms with Gasteiger partial charge >= 0.3 is 0 Å². The first-order chi connectivity index (χ1) is 5.70. The molecule has 0 saturated heterocycles. The van der Waals surface area contributed by atoms with Gasteiger partial charge < -0.3 is 15.5 Å². The summed E-state index contributed by atoms with van der Waals surface area (Å²) >= 11 is 0. The van der Waals surface area contributed by atoms with Crippen molar-refractivity contribution in [3.8, 4) is 0 Å². The van der Waals surface area contributed by atoms with Crippen LogP contribution in [0.25, 0.3) is 0 Å². The Kier molecular flexibility index (Phi) is 6.70. The molecule has 0 aromatic heterocycles. The molecule has 0 saturated carbocycles. The van der Waals surface area contributed by atoms with Gasteiger partial charge in [-0.2, -0.15) is 0 Å². The van der Waals surface area contributed by atoms with Crippen LogP contribution in [0.2, 0.25) is 0 Å². The third-order valence-corrected chi connectivity index (χ3v) is 1.55. The summed E-state index contributed by atoms with van der Waals surface area (Å²) in [7, 11) is 0. The Morgan fingerprint density at radius 3 is 2.75 bits per heavy atom. The molecular weight excluding hydrogens is 158 g/mol. The van der Waals surface area contributed by atoms with E-state index in [9.17, 15) is 9.90 Å². The molecule has 0 aromatic rings. The Morgan fingerprint density at radius 2 is 2.25 bits per heavy atom. The number of aliphatic hydroxyl groups is 2. The molecule has 0 spiro atoms. The first kappa shape index (κ1) is 11.4. The Labute approximate surface area is 72.6 Å². The molecule has 0 bridgehead atoms. The minimum absolute atomic E-state index is 0.0574. The molecule has 72 valence electrons. The lowest BCUT2D eigenvalue weighted by Gasteiger charge is -2.09. The van der Waals surface area contributed by atoms with Crippen LogP contribution >= 0.6 is 0 Å². The average molecular weight is 175 g/mol. The summed E-state index contributed by atoms with van der Waals surface area (Å²) in [5.41, 5.74) is 0. The van der Waals surface area contributed by atoms with E-state index >= 15 is 0 Å². The van der Waals surface area contributed by atoms with Crippen molar-refractivity contribution in [1.82, 2.24) is 5.32 Å². The second-order valence-electron chi connectivity index (χ2n) is 2.68. The number of nitrogens with one attached hydrogen (secondary N) is 1. The number of amides is 1. The van der Waals surface area contributed by atoms with Gasteiger partial charge in [0.05, 0.1) is 6.10 Å². The van der Waals surface area contributed by atoms with Crippen LogP contribution in [0.4, 0.5) is 0 Å². The van der Waals surface area contributed by atoms with Crippen LogP contribution in [0.1, 0.15) is 26.2 Å². The highest BCUT2D eigenvalue weighted by molar-refractivity contribution is 5.75. The van der Waals surface area contributed by atoms with E-state index in [1.807, 2.05) is 0 Å². The topological polar surface area (TPSA) is 69.6 Å². The van der Waals surface area contributed by atoms with Crippen LogP contribution in [0.15, 0.2) is 0 Å². The number of carbonyl (C=O) groups excluding carboxylic acids is 1. The molecule has 0 radical (unpaired) electrons. The zero-order valence-electron chi connectivity index (χ0n) is 7.42. The van der Waals surface area contributed by atoms with Crippen molar-refractivity contribution in [1.29, 1.82) is 0 Å². The monoisotopic (exact) mass is 175 g/mol. The van der Waals surface area contributed by atoms with E-state index in [4.69, 9.17) is 5.11 Å². The zero-order chi connectivity index (χ0) is 9.40. The van der Waals surface area contributed by atoms with Gasteiger partial charge in [0, 0.05) is 19.6 Å². The summed E-state index contributed by atoms with van der Waals surface area (Å²) in [4.78, 5) is 10.7. The predicted molar refractivity (Wildman–Crippen MR) is 45.6 cm³/mol. The van der Waals surface area contributed by atoms with Crippen molar-refractivity contribution in [2.45, 2.75) is 32.3 Å². The molecule has 4 nitrogen and oxygen atoms in total. The molecule has 0 rings (SSSR count). The van der Waals surface area contributed by atoms with Gasteiger partial charge in [-0.25, -0.2) is 0 Å². The van der Waals surface area contributed by atoms with Crippen molar-refractivity contribution in [3.05, 3.63) is 0 Å². The summed E-state index contributed by atoms with van der Waals surface area (Å²) in [5.74, 6) is -0.0574. The second kappa shape index (κ2) is 7.06. The standard InChI is InChI=1S/C8H17NO3/c1-2-8(12)9-6-7(11)4-3-5-10/h7,10-11H,2-6H2,1H3,(H,9,12)/t7-/m0/s1. The quantitative estimate of drug-likeness (QED) is 0.516. The molecule has 1 amide bonds. The summed E-state index contributed by atoms with van der Waals surface area (Å²) in [5, 5.41) is 20.2. The molecular formula is C8H17NO3. The molecule has 0 aromatic carbocycles. The van der Waals surface area contributed by atoms with Crippen LogP contribution in [0, 0.1) is 0 Å². The minimum Gasteiger partial charge on any atom is -0.396 e. The normalized spacial score (nSPS) is 12.6. The smallest absolute Gasteiger partial charge is 0.219 e. The summed E-state index contributed by atoms with van der Waals surface area (Å²) in [6.45, 7) is 2.13. The highest BCUT2D eigenvalue weighted by Crippen LogP contribution is 1.94. The fourth-order valence-electron chi connectivity index (χ4n) is 0.786. The van der Waals surface area contributed by atoms with E-state index in [1.165, 1.54) is 0 Å². The summed E-state index contributed by atoms with van der Waals surface area (Å²) < 4.78 is 0. The predicted octanol–water partition coefficient (Wildman–Crippen LogP) is -0.354. The maximum Gasteiger partial charge on any atom is 0.219 e. The number of carbonyl (C=O) groups is 1. The molecule has 0 unspecified atom stereocenters. The van der Waals surface area contributed by atoms with Gasteiger partial charge in [-0.1, -0.05) is 6.92 Å². The van der Waals surface area contributed by atoms with Gasteiger partial charge in [-0.15, -0.1) is 0 Å². The lowest BCUT2D eigenvalue weighted by molar-refractivity contribution is -0.121. The van der Waals surface area contributed by atoms with Crippen molar-refractivity contribution in [2.75, 3.05) is 13.2 Å². The third kappa shape index (κ3) is 6.12. The first-order valence-corrected chi connectivity index (χ1v) is 4.26. The van der Waals surface area contributed by atoms with Crippen molar-refractivity contribution >= 4 is 5.91 Å². The van der Waals surface area contributed by atoms with Crippen molar-refractivity contribution < 1.29 is 15.0 Å². The van der Waals surface area contributed by atoms with E-state index < -0.39 is 6.10 Å². The molecule has 3 N–H and O–H groups in total. The molecule has 0 aliphatic carbocycles. The number of hydrogen-bond donors (Lipinski definition) is 3. The number of hydrogen-bond acceptors (Lipinski definition) is 3. The lowest BCUT2D eigenvalue weighted by atomic mass is 10.2. The third-order valence-electron chi connectivity index (χ3n) is 1.55. The number of rotatable bonds is 6. The van der Waals surface area contributed by atoms with E-state index in [0.29, 0.717) is 19.3 Å². The highest BCUT2D eigenvalue weighted by Gasteiger charge is 2.04. The maximum atomic E-state index is 10.7. The van der Waals surface area contributed by atoms with Crippen LogP contribution < -0.4 is 5.32 Å². The largest absolute Gasteiger partial charge is 0.396 e. The van der Waals surface area contributed by atoms with Gasteiger partial charge in [0.2, 0.25) is 5.91 Å². The summed E-state index contributed by atoms with van der Waals surface area (Å²) in [6.07, 6.45) is 1.00. The lowest BCUT2D eigenvalue weighted by Crippen LogP contribution is -2.31. The van der Waals surface area contributed by atoms with E-state index in [0.717, 1.165) is 0 Å². The van der Waals surface area contributed by atoms with Crippen LogP contribution in [-0.4, -0.2) is 35.4 Å². The molecule has 4 heteroatoms. The van der Waals surface area contributed by atoms with E-state index in [1.54, 1.807) is 6.92 Å². The van der Waals surface area contributed by atoms with Crippen molar-refractivity contribution in [2.24, 2.45) is 0 Å². The zero-order valence-corrected chi connectivity index (χ0v) is 7.42. The molecule has 0 fully saturated rings. The molecule has 0 aliphatic heterocycles. The average Bonchev–Trinajstić information content (AvgIpc) is 2.10. The highest BCUT2D eigenvalue weighted by atomic mass is 16.3. The Morgan fingerprint density at radius 1 is 1.58 bits per heavy atom. The van der Waals surface area contributed by atoms with Crippen molar-refractivity contribution in [3.63, 3.8) is 0 Å². The first-order valence-electron chi connectivity index (χ1n) is 4.26. The Hall–Kier alpha value is -0.610. The van der Waals surface area contributed by atoms with Gasteiger partial charge in [0.25, 0.3) is 0 Å². The molecule has 0 heterocycles. The molecule has 0 aliphatic rings. The van der Waals surface area contributed by atoms with Crippen LogP contribution in [0.3, 0.4) is 0 Å².